The van der Waals surface area contributed by atoms with Crippen molar-refractivity contribution in [1.29, 1.82) is 0 Å². The Hall–Kier alpha value is -2.84. The van der Waals surface area contributed by atoms with Crippen LogP contribution in [0.2, 0.25) is 0 Å². The summed E-state index contributed by atoms with van der Waals surface area (Å²) in [5, 5.41) is 4.17. The minimum absolute atomic E-state index is 0.166. The fraction of sp³-hybridized carbons (Fsp3) is 0.476. The first-order valence-corrected chi connectivity index (χ1v) is 9.85. The van der Waals surface area contributed by atoms with E-state index >= 15 is 0 Å². The minimum atomic E-state index is -4.57. The summed E-state index contributed by atoms with van der Waals surface area (Å²) in [6.07, 6.45) is -1.82. The number of fused-ring (bicyclic) bond motifs is 1. The normalized spacial score (nSPS) is 18.2. The van der Waals surface area contributed by atoms with E-state index in [-0.39, 0.29) is 23.2 Å². The molecule has 4 heterocycles. The molecule has 0 radical (unpaired) electrons. The van der Waals surface area contributed by atoms with Crippen molar-refractivity contribution in [2.75, 3.05) is 13.1 Å². The van der Waals surface area contributed by atoms with Crippen molar-refractivity contribution in [3.63, 3.8) is 0 Å². The molecule has 1 aliphatic rings. The molecule has 1 aliphatic heterocycles. The third kappa shape index (κ3) is 3.80. The molecule has 3 aromatic rings. The van der Waals surface area contributed by atoms with E-state index in [9.17, 15) is 18.0 Å². The summed E-state index contributed by atoms with van der Waals surface area (Å²) >= 11 is 0. The summed E-state index contributed by atoms with van der Waals surface area (Å²) in [5.74, 6) is -0.335. The Balaban J connectivity index is 1.72. The number of carbonyl (C=O) groups excluding carboxylic acids is 1. The summed E-state index contributed by atoms with van der Waals surface area (Å²) in [5.41, 5.74) is -0.233. The van der Waals surface area contributed by atoms with E-state index in [1.807, 2.05) is 20.8 Å². The second-order valence-electron chi connectivity index (χ2n) is 8.68. The second kappa shape index (κ2) is 7.14. The molecular weight excluding hydrogens is 397 g/mol. The minimum Gasteiger partial charge on any atom is -0.459 e. The van der Waals surface area contributed by atoms with Crippen LogP contribution in [-0.4, -0.2) is 38.5 Å². The van der Waals surface area contributed by atoms with Crippen LogP contribution in [0.25, 0.3) is 5.65 Å². The first kappa shape index (κ1) is 20.4. The van der Waals surface area contributed by atoms with Crippen LogP contribution in [0.15, 0.2) is 34.9 Å². The number of furan rings is 1. The van der Waals surface area contributed by atoms with Crippen molar-refractivity contribution in [2.24, 2.45) is 0 Å². The summed E-state index contributed by atoms with van der Waals surface area (Å²) in [6.45, 7) is 6.50. The SMILES string of the molecule is CC(C)(C)c1cc2nc(C3CCCN(C(=O)c4ccco4)C3)cc(C(F)(F)F)n2n1. The number of nitrogens with zero attached hydrogens (tertiary/aromatic N) is 4. The maximum atomic E-state index is 13.8. The van der Waals surface area contributed by atoms with Gasteiger partial charge in [-0.15, -0.1) is 0 Å². The third-order valence-electron chi connectivity index (χ3n) is 5.36. The average Bonchev–Trinajstić information content (AvgIpc) is 3.35. The lowest BCUT2D eigenvalue weighted by molar-refractivity contribution is -0.142. The van der Waals surface area contributed by atoms with Gasteiger partial charge in [-0.2, -0.15) is 18.3 Å². The largest absolute Gasteiger partial charge is 0.459 e. The van der Waals surface area contributed by atoms with Crippen LogP contribution >= 0.6 is 0 Å². The van der Waals surface area contributed by atoms with Gasteiger partial charge in [-0.3, -0.25) is 4.79 Å². The van der Waals surface area contributed by atoms with Crippen molar-refractivity contribution in [3.05, 3.63) is 53.4 Å². The molecule has 0 aromatic carbocycles. The summed E-state index contributed by atoms with van der Waals surface area (Å²) in [7, 11) is 0. The fourth-order valence-corrected chi connectivity index (χ4v) is 3.73. The molecule has 0 N–H and O–H groups in total. The predicted molar refractivity (Wildman–Crippen MR) is 103 cm³/mol. The van der Waals surface area contributed by atoms with Gasteiger partial charge in [0.1, 0.15) is 5.69 Å². The number of hydrogen-bond donors (Lipinski definition) is 0. The van der Waals surface area contributed by atoms with E-state index in [1.165, 1.54) is 6.26 Å². The van der Waals surface area contributed by atoms with E-state index in [1.54, 1.807) is 23.1 Å². The van der Waals surface area contributed by atoms with Crippen LogP contribution in [0.1, 0.15) is 67.2 Å². The molecule has 6 nitrogen and oxygen atoms in total. The van der Waals surface area contributed by atoms with Crippen LogP contribution in [0, 0.1) is 0 Å². The van der Waals surface area contributed by atoms with Gasteiger partial charge >= 0.3 is 6.18 Å². The number of rotatable bonds is 2. The molecule has 160 valence electrons. The highest BCUT2D eigenvalue weighted by Gasteiger charge is 2.37. The monoisotopic (exact) mass is 420 g/mol. The van der Waals surface area contributed by atoms with Crippen LogP contribution in [0.3, 0.4) is 0 Å². The number of alkyl halides is 3. The standard InChI is InChI=1S/C21H23F3N4O2/c1-20(2,3)16-11-18-25-14(10-17(21(22,23)24)28(18)26-16)13-6-4-8-27(12-13)19(29)15-7-5-9-30-15/h5,7,9-11,13H,4,6,8,12H2,1-3H3. The molecule has 0 aliphatic carbocycles. The van der Waals surface area contributed by atoms with Gasteiger partial charge in [0.25, 0.3) is 5.91 Å². The van der Waals surface area contributed by atoms with Crippen molar-refractivity contribution >= 4 is 11.6 Å². The van der Waals surface area contributed by atoms with Crippen LogP contribution in [0.5, 0.6) is 0 Å². The van der Waals surface area contributed by atoms with E-state index in [4.69, 9.17) is 4.42 Å². The molecule has 1 atom stereocenters. The van der Waals surface area contributed by atoms with Crippen molar-refractivity contribution < 1.29 is 22.4 Å². The first-order chi connectivity index (χ1) is 14.0. The van der Waals surface area contributed by atoms with Crippen LogP contribution in [-0.2, 0) is 11.6 Å². The Bertz CT molecular complexity index is 1060. The Kier molecular flexibility index (Phi) is 4.86. The molecule has 1 unspecified atom stereocenters. The highest BCUT2D eigenvalue weighted by atomic mass is 19.4. The van der Waals surface area contributed by atoms with E-state index < -0.39 is 17.3 Å². The molecule has 3 aromatic heterocycles. The zero-order chi connectivity index (χ0) is 21.7. The Morgan fingerprint density at radius 2 is 2.00 bits per heavy atom. The lowest BCUT2D eigenvalue weighted by atomic mass is 9.92. The molecule has 1 fully saturated rings. The molecular formula is C21H23F3N4O2. The molecule has 4 rings (SSSR count). The van der Waals surface area contributed by atoms with Gasteiger partial charge < -0.3 is 9.32 Å². The number of amides is 1. The van der Waals surface area contributed by atoms with Crippen molar-refractivity contribution in [3.8, 4) is 0 Å². The zero-order valence-electron chi connectivity index (χ0n) is 17.0. The average molecular weight is 420 g/mol. The zero-order valence-corrected chi connectivity index (χ0v) is 17.0. The second-order valence-corrected chi connectivity index (χ2v) is 8.68. The summed E-state index contributed by atoms with van der Waals surface area (Å²) < 4.78 is 47.4. The Morgan fingerprint density at radius 3 is 2.63 bits per heavy atom. The number of aromatic nitrogens is 3. The molecule has 9 heteroatoms. The predicted octanol–water partition coefficient (Wildman–Crippen LogP) is 4.66. The number of hydrogen-bond acceptors (Lipinski definition) is 4. The summed E-state index contributed by atoms with van der Waals surface area (Å²) in [4.78, 5) is 18.7. The van der Waals surface area contributed by atoms with Crippen LogP contribution in [0.4, 0.5) is 13.2 Å². The Morgan fingerprint density at radius 1 is 1.23 bits per heavy atom. The maximum Gasteiger partial charge on any atom is 0.433 e. The van der Waals surface area contributed by atoms with E-state index in [0.717, 1.165) is 10.6 Å². The van der Waals surface area contributed by atoms with Gasteiger partial charge in [-0.25, -0.2) is 9.50 Å². The third-order valence-corrected chi connectivity index (χ3v) is 5.36. The molecule has 30 heavy (non-hydrogen) atoms. The number of halogens is 3. The van der Waals surface area contributed by atoms with E-state index in [0.29, 0.717) is 37.3 Å². The number of piperidine rings is 1. The highest BCUT2D eigenvalue weighted by molar-refractivity contribution is 5.91. The smallest absolute Gasteiger partial charge is 0.433 e. The summed E-state index contributed by atoms with van der Waals surface area (Å²) in [6, 6.07) is 5.88. The van der Waals surface area contributed by atoms with Gasteiger partial charge in [0.15, 0.2) is 11.4 Å². The van der Waals surface area contributed by atoms with Crippen LogP contribution < -0.4 is 0 Å². The van der Waals surface area contributed by atoms with E-state index in [2.05, 4.69) is 10.1 Å². The molecule has 1 amide bonds. The van der Waals surface area contributed by atoms with Gasteiger partial charge in [-0.05, 0) is 31.0 Å². The highest BCUT2D eigenvalue weighted by Crippen LogP contribution is 2.34. The fourth-order valence-electron chi connectivity index (χ4n) is 3.73. The molecule has 0 spiro atoms. The van der Waals surface area contributed by atoms with Gasteiger partial charge in [0.05, 0.1) is 12.0 Å². The molecule has 1 saturated heterocycles. The molecule has 0 saturated carbocycles. The number of likely N-dealkylation sites (tertiary alicyclic amines) is 1. The van der Waals surface area contributed by atoms with Gasteiger partial charge in [0.2, 0.25) is 0 Å². The lowest BCUT2D eigenvalue weighted by Crippen LogP contribution is -2.39. The topological polar surface area (TPSA) is 63.6 Å². The first-order valence-electron chi connectivity index (χ1n) is 9.85. The van der Waals surface area contributed by atoms with Gasteiger partial charge in [-0.1, -0.05) is 20.8 Å². The quantitative estimate of drug-likeness (QED) is 0.605. The number of carbonyl (C=O) groups is 1. The molecule has 0 bridgehead atoms. The van der Waals surface area contributed by atoms with Gasteiger partial charge in [0, 0.05) is 36.2 Å². The maximum absolute atomic E-state index is 13.8. The lowest BCUT2D eigenvalue weighted by Gasteiger charge is -2.32. The Labute approximate surface area is 171 Å². The van der Waals surface area contributed by atoms with Crippen molar-refractivity contribution in [1.82, 2.24) is 19.5 Å². The van der Waals surface area contributed by atoms with Crippen molar-refractivity contribution in [2.45, 2.75) is 51.1 Å².